The summed E-state index contributed by atoms with van der Waals surface area (Å²) < 4.78 is 4.98. The van der Waals surface area contributed by atoms with Gasteiger partial charge in [-0.25, -0.2) is 0 Å². The highest BCUT2D eigenvalue weighted by atomic mass is 16.5. The van der Waals surface area contributed by atoms with Gasteiger partial charge in [-0.2, -0.15) is 0 Å². The van der Waals surface area contributed by atoms with Gasteiger partial charge < -0.3 is 10.1 Å². The van der Waals surface area contributed by atoms with Crippen molar-refractivity contribution in [1.29, 1.82) is 0 Å². The number of carbonyl (C=O) groups excluding carboxylic acids is 2. The number of rotatable bonds is 6. The smallest absolute Gasteiger partial charge is 0.320 e. The van der Waals surface area contributed by atoms with Gasteiger partial charge in [0.1, 0.15) is 0 Å². The molecule has 0 bridgehead atoms. The van der Waals surface area contributed by atoms with E-state index in [1.165, 1.54) is 0 Å². The lowest BCUT2D eigenvalue weighted by Gasteiger charge is -2.16. The highest BCUT2D eigenvalue weighted by molar-refractivity contribution is 5.79. The van der Waals surface area contributed by atoms with Crippen molar-refractivity contribution >= 4 is 11.9 Å². The lowest BCUT2D eigenvalue weighted by Crippen LogP contribution is -2.39. The van der Waals surface area contributed by atoms with E-state index in [1.54, 1.807) is 25.8 Å². The van der Waals surface area contributed by atoms with Crippen LogP contribution in [-0.2, 0) is 14.3 Å². The summed E-state index contributed by atoms with van der Waals surface area (Å²) in [5.74, 6) is -0.320. The Balaban J connectivity index is 2.15. The van der Waals surface area contributed by atoms with Crippen LogP contribution in [0.2, 0.25) is 0 Å². The van der Waals surface area contributed by atoms with Crippen LogP contribution in [0.3, 0.4) is 0 Å². The van der Waals surface area contributed by atoms with Gasteiger partial charge in [-0.3, -0.25) is 14.5 Å². The molecule has 0 unspecified atom stereocenters. The zero-order valence-electron chi connectivity index (χ0n) is 10.2. The van der Waals surface area contributed by atoms with E-state index in [0.29, 0.717) is 6.04 Å². The standard InChI is InChI=1S/C11H20N2O3/c1-8(2)16-11(15)7-13(3)6-10(14)12-9-4-5-9/h8-9H,4-7H2,1-3H3,(H,12,14). The maximum Gasteiger partial charge on any atom is 0.320 e. The third-order valence-electron chi connectivity index (χ3n) is 2.12. The van der Waals surface area contributed by atoms with Gasteiger partial charge in [0, 0.05) is 6.04 Å². The zero-order chi connectivity index (χ0) is 12.1. The Hall–Kier alpha value is -1.10. The second-order valence-electron chi connectivity index (χ2n) is 4.55. The number of amides is 1. The molecule has 0 aromatic heterocycles. The lowest BCUT2D eigenvalue weighted by molar-refractivity contribution is -0.148. The van der Waals surface area contributed by atoms with Crippen molar-refractivity contribution in [2.45, 2.75) is 38.8 Å². The molecular formula is C11H20N2O3. The summed E-state index contributed by atoms with van der Waals surface area (Å²) >= 11 is 0. The van der Waals surface area contributed by atoms with Crippen molar-refractivity contribution in [3.8, 4) is 0 Å². The van der Waals surface area contributed by atoms with Crippen LogP contribution >= 0.6 is 0 Å². The second kappa shape index (κ2) is 5.84. The highest BCUT2D eigenvalue weighted by Crippen LogP contribution is 2.18. The fourth-order valence-electron chi connectivity index (χ4n) is 1.32. The Morgan fingerprint density at radius 3 is 2.50 bits per heavy atom. The van der Waals surface area contributed by atoms with Crippen LogP contribution in [-0.4, -0.2) is 49.1 Å². The van der Waals surface area contributed by atoms with E-state index in [0.717, 1.165) is 12.8 Å². The van der Waals surface area contributed by atoms with Crippen molar-refractivity contribution < 1.29 is 14.3 Å². The Bertz CT molecular complexity index is 244. The summed E-state index contributed by atoms with van der Waals surface area (Å²) in [4.78, 5) is 24.3. The van der Waals surface area contributed by atoms with Gasteiger partial charge >= 0.3 is 5.97 Å². The lowest BCUT2D eigenvalue weighted by atomic mass is 10.4. The topological polar surface area (TPSA) is 58.6 Å². The molecule has 0 aliphatic heterocycles. The number of carbonyl (C=O) groups is 2. The Labute approximate surface area is 96.1 Å². The predicted molar refractivity (Wildman–Crippen MR) is 59.9 cm³/mol. The van der Waals surface area contributed by atoms with Crippen LogP contribution < -0.4 is 5.32 Å². The third kappa shape index (κ3) is 5.70. The summed E-state index contributed by atoms with van der Waals surface area (Å²) in [6.07, 6.45) is 2.04. The van der Waals surface area contributed by atoms with E-state index in [-0.39, 0.29) is 31.1 Å². The van der Waals surface area contributed by atoms with Crippen molar-refractivity contribution in [1.82, 2.24) is 10.2 Å². The molecule has 5 heteroatoms. The normalized spacial score (nSPS) is 15.3. The monoisotopic (exact) mass is 228 g/mol. The summed E-state index contributed by atoms with van der Waals surface area (Å²) in [5, 5.41) is 2.87. The molecule has 0 aromatic carbocycles. The van der Waals surface area contributed by atoms with E-state index < -0.39 is 0 Å². The predicted octanol–water partition coefficient (Wildman–Crippen LogP) is 0.148. The molecule has 0 atom stereocenters. The first-order valence-electron chi connectivity index (χ1n) is 5.64. The molecule has 0 spiro atoms. The number of ether oxygens (including phenoxy) is 1. The summed E-state index contributed by atoms with van der Waals surface area (Å²) in [6.45, 7) is 4.00. The number of hydrogen-bond donors (Lipinski definition) is 1. The molecule has 16 heavy (non-hydrogen) atoms. The highest BCUT2D eigenvalue weighted by Gasteiger charge is 2.23. The molecule has 1 saturated carbocycles. The summed E-state index contributed by atoms with van der Waals surface area (Å²) in [5.41, 5.74) is 0. The van der Waals surface area contributed by atoms with E-state index in [2.05, 4.69) is 5.32 Å². The molecule has 0 heterocycles. The van der Waals surface area contributed by atoms with Crippen LogP contribution in [0.4, 0.5) is 0 Å². The van der Waals surface area contributed by atoms with Crippen molar-refractivity contribution in [3.63, 3.8) is 0 Å². The average Bonchev–Trinajstić information content (AvgIpc) is 2.84. The van der Waals surface area contributed by atoms with Crippen molar-refractivity contribution in [3.05, 3.63) is 0 Å². The third-order valence-corrected chi connectivity index (χ3v) is 2.12. The number of hydrogen-bond acceptors (Lipinski definition) is 4. The van der Waals surface area contributed by atoms with Gasteiger partial charge in [0.15, 0.2) is 0 Å². The summed E-state index contributed by atoms with van der Waals surface area (Å²) in [6, 6.07) is 0.364. The fraction of sp³-hybridized carbons (Fsp3) is 0.818. The van der Waals surface area contributed by atoms with Gasteiger partial charge in [-0.05, 0) is 33.7 Å². The second-order valence-corrected chi connectivity index (χ2v) is 4.55. The average molecular weight is 228 g/mol. The van der Waals surface area contributed by atoms with Gasteiger partial charge in [0.25, 0.3) is 0 Å². The first-order chi connectivity index (χ1) is 7.47. The molecule has 1 fully saturated rings. The van der Waals surface area contributed by atoms with Crippen LogP contribution in [0.15, 0.2) is 0 Å². The maximum absolute atomic E-state index is 11.4. The molecular weight excluding hydrogens is 208 g/mol. The minimum Gasteiger partial charge on any atom is -0.462 e. The first kappa shape index (κ1) is 13.0. The number of nitrogens with zero attached hydrogens (tertiary/aromatic N) is 1. The van der Waals surface area contributed by atoms with Gasteiger partial charge in [-0.15, -0.1) is 0 Å². The SMILES string of the molecule is CC(C)OC(=O)CN(C)CC(=O)NC1CC1. The van der Waals surface area contributed by atoms with Gasteiger partial charge in [-0.1, -0.05) is 0 Å². The number of nitrogens with one attached hydrogen (secondary N) is 1. The van der Waals surface area contributed by atoms with Crippen molar-refractivity contribution in [2.24, 2.45) is 0 Å². The largest absolute Gasteiger partial charge is 0.462 e. The Morgan fingerprint density at radius 1 is 1.38 bits per heavy atom. The molecule has 5 nitrogen and oxygen atoms in total. The molecule has 92 valence electrons. The van der Waals surface area contributed by atoms with Gasteiger partial charge in [0.2, 0.25) is 5.91 Å². The first-order valence-corrected chi connectivity index (χ1v) is 5.64. The minimum absolute atomic E-state index is 0.0256. The molecule has 0 saturated heterocycles. The van der Waals surface area contributed by atoms with Crippen molar-refractivity contribution in [2.75, 3.05) is 20.1 Å². The Kier molecular flexibility index (Phi) is 4.73. The number of likely N-dealkylation sites (N-methyl/N-ethyl adjacent to an activating group) is 1. The molecule has 1 aliphatic rings. The number of esters is 1. The molecule has 0 radical (unpaired) electrons. The zero-order valence-corrected chi connectivity index (χ0v) is 10.2. The maximum atomic E-state index is 11.4. The molecule has 1 rings (SSSR count). The quantitative estimate of drug-likeness (QED) is 0.657. The van der Waals surface area contributed by atoms with E-state index in [4.69, 9.17) is 4.74 Å². The molecule has 1 N–H and O–H groups in total. The fourth-order valence-corrected chi connectivity index (χ4v) is 1.32. The van der Waals surface area contributed by atoms with E-state index in [9.17, 15) is 9.59 Å². The van der Waals surface area contributed by atoms with Crippen LogP contribution in [0.25, 0.3) is 0 Å². The molecule has 0 aromatic rings. The molecule has 1 aliphatic carbocycles. The summed E-state index contributed by atoms with van der Waals surface area (Å²) in [7, 11) is 1.73. The van der Waals surface area contributed by atoms with Gasteiger partial charge in [0.05, 0.1) is 19.2 Å². The van der Waals surface area contributed by atoms with Crippen LogP contribution in [0.1, 0.15) is 26.7 Å². The van der Waals surface area contributed by atoms with E-state index in [1.807, 2.05) is 0 Å². The molecule has 1 amide bonds. The van der Waals surface area contributed by atoms with Crippen LogP contribution in [0.5, 0.6) is 0 Å². The van der Waals surface area contributed by atoms with E-state index >= 15 is 0 Å². The van der Waals surface area contributed by atoms with Crippen LogP contribution in [0, 0.1) is 0 Å². The Morgan fingerprint density at radius 2 is 2.00 bits per heavy atom. The minimum atomic E-state index is -0.295.